The van der Waals surface area contributed by atoms with Gasteiger partial charge in [0.15, 0.2) is 0 Å². The third-order valence-electron chi connectivity index (χ3n) is 3.70. The molecule has 3 aromatic carbocycles. The molecule has 0 spiro atoms. The summed E-state index contributed by atoms with van der Waals surface area (Å²) in [5.41, 5.74) is 2.23. The summed E-state index contributed by atoms with van der Waals surface area (Å²) >= 11 is 0. The van der Waals surface area contributed by atoms with Crippen LogP contribution in [0.1, 0.15) is 15.9 Å². The number of nitrogens with one attached hydrogen (secondary N) is 1. The first-order valence-electron chi connectivity index (χ1n) is 7.97. The van der Waals surface area contributed by atoms with Gasteiger partial charge in [-0.15, -0.1) is 0 Å². The summed E-state index contributed by atoms with van der Waals surface area (Å²) in [7, 11) is 1.57. The molecular weight excluding hydrogens is 314 g/mol. The van der Waals surface area contributed by atoms with Gasteiger partial charge in [-0.05, 0) is 35.9 Å². The average molecular weight is 333 g/mol. The smallest absolute Gasteiger partial charge is 0.255 e. The van der Waals surface area contributed by atoms with Crippen LogP contribution in [-0.4, -0.2) is 13.0 Å². The second-order valence-electron chi connectivity index (χ2n) is 5.46. The summed E-state index contributed by atoms with van der Waals surface area (Å²) in [6, 6.07) is 24.3. The lowest BCUT2D eigenvalue weighted by molar-refractivity contribution is 0.102. The van der Waals surface area contributed by atoms with Gasteiger partial charge < -0.3 is 14.8 Å². The summed E-state index contributed by atoms with van der Waals surface area (Å²) < 4.78 is 11.0. The molecule has 0 heterocycles. The van der Waals surface area contributed by atoms with Crippen molar-refractivity contribution in [1.82, 2.24) is 0 Å². The molecule has 3 rings (SSSR count). The van der Waals surface area contributed by atoms with Crippen LogP contribution >= 0.6 is 0 Å². The molecule has 0 radical (unpaired) electrons. The highest BCUT2D eigenvalue weighted by Crippen LogP contribution is 2.24. The fraction of sp³-hybridized carbons (Fsp3) is 0.0952. The van der Waals surface area contributed by atoms with Crippen molar-refractivity contribution in [3.8, 4) is 11.5 Å². The molecule has 0 aliphatic carbocycles. The van der Waals surface area contributed by atoms with Crippen LogP contribution in [0.2, 0.25) is 0 Å². The number of para-hydroxylation sites is 2. The van der Waals surface area contributed by atoms with E-state index in [2.05, 4.69) is 5.32 Å². The SMILES string of the molecule is COc1ccccc1NC(=O)c1cccc(OCc2ccccc2)c1. The Balaban J connectivity index is 1.69. The number of benzene rings is 3. The minimum absolute atomic E-state index is 0.213. The standard InChI is InChI=1S/C21H19NO3/c1-24-20-13-6-5-12-19(20)22-21(23)17-10-7-11-18(14-17)25-15-16-8-3-2-4-9-16/h2-14H,15H2,1H3,(H,22,23). The molecule has 25 heavy (non-hydrogen) atoms. The predicted molar refractivity (Wildman–Crippen MR) is 98.2 cm³/mol. The molecule has 1 N–H and O–H groups in total. The van der Waals surface area contributed by atoms with E-state index in [-0.39, 0.29) is 5.91 Å². The molecule has 3 aromatic rings. The molecule has 0 aliphatic rings. The van der Waals surface area contributed by atoms with E-state index in [0.717, 1.165) is 5.56 Å². The third kappa shape index (κ3) is 4.38. The van der Waals surface area contributed by atoms with Gasteiger partial charge in [0.1, 0.15) is 18.1 Å². The molecule has 0 saturated carbocycles. The first-order chi connectivity index (χ1) is 12.3. The molecule has 0 bridgehead atoms. The van der Waals surface area contributed by atoms with Gasteiger partial charge in [-0.25, -0.2) is 0 Å². The van der Waals surface area contributed by atoms with Crippen molar-refractivity contribution in [2.24, 2.45) is 0 Å². The molecule has 4 nitrogen and oxygen atoms in total. The number of anilines is 1. The van der Waals surface area contributed by atoms with Gasteiger partial charge in [0.2, 0.25) is 0 Å². The Kier molecular flexibility index (Phi) is 5.32. The molecule has 0 atom stereocenters. The molecule has 1 amide bonds. The maximum absolute atomic E-state index is 12.5. The minimum Gasteiger partial charge on any atom is -0.495 e. The highest BCUT2D eigenvalue weighted by molar-refractivity contribution is 6.05. The topological polar surface area (TPSA) is 47.6 Å². The molecule has 4 heteroatoms. The predicted octanol–water partition coefficient (Wildman–Crippen LogP) is 4.53. The van der Waals surface area contributed by atoms with E-state index < -0.39 is 0 Å². The van der Waals surface area contributed by atoms with Crippen molar-refractivity contribution in [3.63, 3.8) is 0 Å². The van der Waals surface area contributed by atoms with E-state index in [0.29, 0.717) is 29.4 Å². The van der Waals surface area contributed by atoms with Gasteiger partial charge in [0, 0.05) is 5.56 Å². The zero-order chi connectivity index (χ0) is 17.5. The monoisotopic (exact) mass is 333 g/mol. The van der Waals surface area contributed by atoms with E-state index in [4.69, 9.17) is 9.47 Å². The highest BCUT2D eigenvalue weighted by atomic mass is 16.5. The van der Waals surface area contributed by atoms with Crippen molar-refractivity contribution in [3.05, 3.63) is 90.0 Å². The highest BCUT2D eigenvalue weighted by Gasteiger charge is 2.10. The van der Waals surface area contributed by atoms with Crippen LogP contribution in [0, 0.1) is 0 Å². The molecule has 0 fully saturated rings. The van der Waals surface area contributed by atoms with Crippen molar-refractivity contribution < 1.29 is 14.3 Å². The van der Waals surface area contributed by atoms with Gasteiger partial charge in [-0.1, -0.05) is 48.5 Å². The van der Waals surface area contributed by atoms with E-state index >= 15 is 0 Å². The van der Waals surface area contributed by atoms with E-state index in [1.807, 2.05) is 48.5 Å². The number of carbonyl (C=O) groups excluding carboxylic acids is 1. The normalized spacial score (nSPS) is 10.1. The summed E-state index contributed by atoms with van der Waals surface area (Å²) in [6.07, 6.45) is 0. The number of hydrogen-bond acceptors (Lipinski definition) is 3. The molecule has 0 aromatic heterocycles. The number of methoxy groups -OCH3 is 1. The van der Waals surface area contributed by atoms with Gasteiger partial charge >= 0.3 is 0 Å². The summed E-state index contributed by atoms with van der Waals surface area (Å²) in [5.74, 6) is 1.05. The molecule has 0 unspecified atom stereocenters. The molecule has 0 aliphatic heterocycles. The average Bonchev–Trinajstić information content (AvgIpc) is 2.68. The maximum atomic E-state index is 12.5. The Labute approximate surface area is 147 Å². The Bertz CT molecular complexity index is 847. The fourth-order valence-electron chi connectivity index (χ4n) is 2.41. The summed E-state index contributed by atoms with van der Waals surface area (Å²) in [5, 5.41) is 2.86. The third-order valence-corrected chi connectivity index (χ3v) is 3.70. The van der Waals surface area contributed by atoms with Crippen LogP contribution in [0.15, 0.2) is 78.9 Å². The van der Waals surface area contributed by atoms with Crippen molar-refractivity contribution in [2.75, 3.05) is 12.4 Å². The molecule has 0 saturated heterocycles. The van der Waals surface area contributed by atoms with Crippen LogP contribution in [0.3, 0.4) is 0 Å². The Hall–Kier alpha value is -3.27. The zero-order valence-electron chi connectivity index (χ0n) is 13.9. The first kappa shape index (κ1) is 16.6. The lowest BCUT2D eigenvalue weighted by atomic mass is 10.2. The van der Waals surface area contributed by atoms with Gasteiger partial charge in [0.05, 0.1) is 12.8 Å². The van der Waals surface area contributed by atoms with E-state index in [9.17, 15) is 4.79 Å². The van der Waals surface area contributed by atoms with Crippen molar-refractivity contribution in [2.45, 2.75) is 6.61 Å². The number of hydrogen-bond donors (Lipinski definition) is 1. The lowest BCUT2D eigenvalue weighted by Gasteiger charge is -2.11. The maximum Gasteiger partial charge on any atom is 0.255 e. The summed E-state index contributed by atoms with van der Waals surface area (Å²) in [6.45, 7) is 0.457. The number of carbonyl (C=O) groups is 1. The fourth-order valence-corrected chi connectivity index (χ4v) is 2.41. The molecular formula is C21H19NO3. The van der Waals surface area contributed by atoms with Crippen molar-refractivity contribution >= 4 is 11.6 Å². The van der Waals surface area contributed by atoms with Gasteiger partial charge in [-0.3, -0.25) is 4.79 Å². The van der Waals surface area contributed by atoms with Crippen LogP contribution in [-0.2, 0) is 6.61 Å². The second kappa shape index (κ2) is 8.02. The van der Waals surface area contributed by atoms with Crippen LogP contribution in [0.25, 0.3) is 0 Å². The van der Waals surface area contributed by atoms with E-state index in [1.165, 1.54) is 0 Å². The lowest BCUT2D eigenvalue weighted by Crippen LogP contribution is -2.12. The van der Waals surface area contributed by atoms with E-state index in [1.54, 1.807) is 37.4 Å². The number of amides is 1. The van der Waals surface area contributed by atoms with Crippen LogP contribution in [0.5, 0.6) is 11.5 Å². The second-order valence-corrected chi connectivity index (χ2v) is 5.46. The minimum atomic E-state index is -0.213. The van der Waals surface area contributed by atoms with Gasteiger partial charge in [-0.2, -0.15) is 0 Å². The number of rotatable bonds is 6. The Morgan fingerprint density at radius 3 is 2.48 bits per heavy atom. The number of ether oxygens (including phenoxy) is 2. The molecule has 126 valence electrons. The Morgan fingerprint density at radius 2 is 1.68 bits per heavy atom. The van der Waals surface area contributed by atoms with Crippen molar-refractivity contribution in [1.29, 1.82) is 0 Å². The largest absolute Gasteiger partial charge is 0.495 e. The van der Waals surface area contributed by atoms with Crippen LogP contribution < -0.4 is 14.8 Å². The summed E-state index contributed by atoms with van der Waals surface area (Å²) in [4.78, 5) is 12.5. The Morgan fingerprint density at radius 1 is 0.920 bits per heavy atom. The zero-order valence-corrected chi connectivity index (χ0v) is 13.9. The first-order valence-corrected chi connectivity index (χ1v) is 7.97. The van der Waals surface area contributed by atoms with Gasteiger partial charge in [0.25, 0.3) is 5.91 Å². The van der Waals surface area contributed by atoms with Crippen LogP contribution in [0.4, 0.5) is 5.69 Å². The quantitative estimate of drug-likeness (QED) is 0.721.